The molecule has 0 unspecified atom stereocenters. The molecule has 32 heavy (non-hydrogen) atoms. The summed E-state index contributed by atoms with van der Waals surface area (Å²) >= 11 is 0. The van der Waals surface area contributed by atoms with Gasteiger partial charge in [-0.25, -0.2) is 0 Å². The molecule has 2 aromatic carbocycles. The molecular formula is C26H31NO5. The van der Waals surface area contributed by atoms with Crippen LogP contribution >= 0.6 is 0 Å². The molecule has 6 nitrogen and oxygen atoms in total. The highest BCUT2D eigenvalue weighted by Gasteiger charge is 2.09. The van der Waals surface area contributed by atoms with Gasteiger partial charge in [0.1, 0.15) is 37.1 Å². The van der Waals surface area contributed by atoms with E-state index in [1.165, 1.54) is 11.6 Å². The quantitative estimate of drug-likeness (QED) is 0.402. The van der Waals surface area contributed by atoms with E-state index < -0.39 is 0 Å². The molecule has 0 fully saturated rings. The minimum absolute atomic E-state index is 0.142. The zero-order valence-electron chi connectivity index (χ0n) is 19.2. The van der Waals surface area contributed by atoms with E-state index >= 15 is 0 Å². The number of hydrogen-bond acceptors (Lipinski definition) is 5. The second kappa shape index (κ2) is 11.3. The number of rotatable bonds is 11. The van der Waals surface area contributed by atoms with Gasteiger partial charge in [0.05, 0.1) is 19.3 Å². The Labute approximate surface area is 189 Å². The highest BCUT2D eigenvalue weighted by molar-refractivity contribution is 5.31. The van der Waals surface area contributed by atoms with Crippen molar-refractivity contribution in [2.24, 2.45) is 0 Å². The first kappa shape index (κ1) is 23.3. The van der Waals surface area contributed by atoms with Crippen LogP contribution in [0.4, 0.5) is 0 Å². The SMILES string of the molecule is COc1ccc(OCCn2ccc(=O)c(OCCOc3ccc(C(C)C)cc3)c2C)cc1. The number of methoxy groups -OCH3 is 1. The largest absolute Gasteiger partial charge is 0.497 e. The van der Waals surface area contributed by atoms with Crippen LogP contribution in [0.5, 0.6) is 23.0 Å². The molecule has 0 radical (unpaired) electrons. The summed E-state index contributed by atoms with van der Waals surface area (Å²) in [6.07, 6.45) is 1.76. The zero-order valence-corrected chi connectivity index (χ0v) is 19.2. The summed E-state index contributed by atoms with van der Waals surface area (Å²) in [5, 5.41) is 0. The first-order chi connectivity index (χ1) is 15.5. The van der Waals surface area contributed by atoms with Crippen LogP contribution in [0.25, 0.3) is 0 Å². The molecule has 0 amide bonds. The Kier molecular flexibility index (Phi) is 8.20. The number of ether oxygens (including phenoxy) is 4. The minimum atomic E-state index is -0.142. The number of aromatic nitrogens is 1. The van der Waals surface area contributed by atoms with Crippen molar-refractivity contribution in [3.05, 3.63) is 82.3 Å². The van der Waals surface area contributed by atoms with Gasteiger partial charge in [0.25, 0.3) is 0 Å². The predicted molar refractivity (Wildman–Crippen MR) is 125 cm³/mol. The Hall–Kier alpha value is -3.41. The summed E-state index contributed by atoms with van der Waals surface area (Å²) in [4.78, 5) is 12.3. The van der Waals surface area contributed by atoms with Gasteiger partial charge in [0, 0.05) is 12.3 Å². The number of hydrogen-bond donors (Lipinski definition) is 0. The van der Waals surface area contributed by atoms with Gasteiger partial charge in [-0.1, -0.05) is 26.0 Å². The number of nitrogens with zero attached hydrogens (tertiary/aromatic N) is 1. The summed E-state index contributed by atoms with van der Waals surface area (Å²) in [5.74, 6) is 3.16. The number of benzene rings is 2. The van der Waals surface area contributed by atoms with E-state index in [0.717, 1.165) is 22.9 Å². The van der Waals surface area contributed by atoms with Gasteiger partial charge >= 0.3 is 0 Å². The van der Waals surface area contributed by atoms with E-state index in [4.69, 9.17) is 18.9 Å². The van der Waals surface area contributed by atoms with Crippen LogP contribution < -0.4 is 24.4 Å². The van der Waals surface area contributed by atoms with Crippen LogP contribution in [0.15, 0.2) is 65.6 Å². The molecule has 0 bridgehead atoms. The lowest BCUT2D eigenvalue weighted by molar-refractivity contribution is 0.213. The Morgan fingerprint density at radius 2 is 1.34 bits per heavy atom. The minimum Gasteiger partial charge on any atom is -0.497 e. The lowest BCUT2D eigenvalue weighted by Crippen LogP contribution is -2.19. The molecule has 0 aliphatic carbocycles. The van der Waals surface area contributed by atoms with Crippen molar-refractivity contribution in [2.75, 3.05) is 26.9 Å². The van der Waals surface area contributed by atoms with Crippen molar-refractivity contribution in [3.63, 3.8) is 0 Å². The maximum atomic E-state index is 12.3. The number of pyridine rings is 1. The van der Waals surface area contributed by atoms with Crippen LogP contribution in [0.3, 0.4) is 0 Å². The molecule has 0 atom stereocenters. The van der Waals surface area contributed by atoms with Gasteiger partial charge in [0.2, 0.25) is 5.43 Å². The van der Waals surface area contributed by atoms with Crippen molar-refractivity contribution in [2.45, 2.75) is 33.2 Å². The molecule has 0 spiro atoms. The molecule has 0 saturated carbocycles. The van der Waals surface area contributed by atoms with Gasteiger partial charge in [-0.05, 0) is 54.8 Å². The molecule has 3 rings (SSSR count). The monoisotopic (exact) mass is 437 g/mol. The van der Waals surface area contributed by atoms with E-state index in [-0.39, 0.29) is 12.0 Å². The molecular weight excluding hydrogens is 406 g/mol. The van der Waals surface area contributed by atoms with Crippen LogP contribution in [-0.2, 0) is 6.54 Å². The van der Waals surface area contributed by atoms with Gasteiger partial charge in [-0.2, -0.15) is 0 Å². The summed E-state index contributed by atoms with van der Waals surface area (Å²) in [6.45, 7) is 7.88. The summed E-state index contributed by atoms with van der Waals surface area (Å²) in [7, 11) is 1.63. The lowest BCUT2D eigenvalue weighted by atomic mass is 10.0. The molecule has 1 heterocycles. The molecule has 0 saturated heterocycles. The van der Waals surface area contributed by atoms with Gasteiger partial charge in [-0.15, -0.1) is 0 Å². The topological polar surface area (TPSA) is 58.9 Å². The highest BCUT2D eigenvalue weighted by atomic mass is 16.5. The van der Waals surface area contributed by atoms with Crippen LogP contribution in [-0.4, -0.2) is 31.5 Å². The van der Waals surface area contributed by atoms with E-state index in [1.54, 1.807) is 13.3 Å². The molecule has 6 heteroatoms. The second-order valence-electron chi connectivity index (χ2n) is 7.73. The highest BCUT2D eigenvalue weighted by Crippen LogP contribution is 2.19. The second-order valence-corrected chi connectivity index (χ2v) is 7.73. The van der Waals surface area contributed by atoms with Crippen LogP contribution in [0.1, 0.15) is 31.0 Å². The van der Waals surface area contributed by atoms with Gasteiger partial charge < -0.3 is 23.5 Å². The molecule has 0 aliphatic heterocycles. The Bertz CT molecular complexity index is 1040. The summed E-state index contributed by atoms with van der Waals surface area (Å²) < 4.78 is 24.4. The average molecular weight is 438 g/mol. The third kappa shape index (κ3) is 6.30. The van der Waals surface area contributed by atoms with E-state index in [1.807, 2.05) is 47.9 Å². The molecule has 1 aromatic heterocycles. The van der Waals surface area contributed by atoms with Crippen molar-refractivity contribution < 1.29 is 18.9 Å². The van der Waals surface area contributed by atoms with E-state index in [0.29, 0.717) is 31.4 Å². The third-order valence-electron chi connectivity index (χ3n) is 5.19. The van der Waals surface area contributed by atoms with Crippen LogP contribution in [0.2, 0.25) is 0 Å². The summed E-state index contributed by atoms with van der Waals surface area (Å²) in [5.41, 5.74) is 1.89. The van der Waals surface area contributed by atoms with Crippen molar-refractivity contribution in [1.82, 2.24) is 4.57 Å². The zero-order chi connectivity index (χ0) is 22.9. The average Bonchev–Trinajstić information content (AvgIpc) is 2.80. The maximum absolute atomic E-state index is 12.3. The molecule has 0 aliphatic rings. The van der Waals surface area contributed by atoms with E-state index in [2.05, 4.69) is 26.0 Å². The first-order valence-electron chi connectivity index (χ1n) is 10.8. The fourth-order valence-corrected chi connectivity index (χ4v) is 3.26. The lowest BCUT2D eigenvalue weighted by Gasteiger charge is -2.16. The normalized spacial score (nSPS) is 10.8. The molecule has 0 N–H and O–H groups in total. The van der Waals surface area contributed by atoms with E-state index in [9.17, 15) is 4.79 Å². The smallest absolute Gasteiger partial charge is 0.223 e. The Morgan fingerprint density at radius 3 is 1.97 bits per heavy atom. The maximum Gasteiger partial charge on any atom is 0.223 e. The first-order valence-corrected chi connectivity index (χ1v) is 10.8. The van der Waals surface area contributed by atoms with Crippen LogP contribution in [0, 0.1) is 6.92 Å². The standard InChI is InChI=1S/C26H31NO5/c1-19(2)21-5-7-23(8-6-21)31-17-18-32-26-20(3)27(14-13-25(26)28)15-16-30-24-11-9-22(29-4)10-12-24/h5-14,19H,15-18H2,1-4H3. The van der Waals surface area contributed by atoms with Crippen molar-refractivity contribution in [3.8, 4) is 23.0 Å². The Morgan fingerprint density at radius 1 is 0.781 bits per heavy atom. The predicted octanol–water partition coefficient (Wildman–Crippen LogP) is 4.83. The molecule has 170 valence electrons. The van der Waals surface area contributed by atoms with Crippen molar-refractivity contribution >= 4 is 0 Å². The van der Waals surface area contributed by atoms with Gasteiger partial charge in [-0.3, -0.25) is 4.79 Å². The fourth-order valence-electron chi connectivity index (χ4n) is 3.26. The Balaban J connectivity index is 1.50. The third-order valence-corrected chi connectivity index (χ3v) is 5.19. The van der Waals surface area contributed by atoms with Gasteiger partial charge in [0.15, 0.2) is 5.75 Å². The fraction of sp³-hybridized carbons (Fsp3) is 0.346. The summed E-state index contributed by atoms with van der Waals surface area (Å²) in [6, 6.07) is 17.0. The molecule has 3 aromatic rings. The van der Waals surface area contributed by atoms with Crippen molar-refractivity contribution in [1.29, 1.82) is 0 Å².